The zero-order valence-electron chi connectivity index (χ0n) is 15.1. The summed E-state index contributed by atoms with van der Waals surface area (Å²) in [5.74, 6) is 1.17. The van der Waals surface area contributed by atoms with E-state index >= 15 is 0 Å². The molecule has 0 unspecified atom stereocenters. The first-order valence-electron chi connectivity index (χ1n) is 8.76. The van der Waals surface area contributed by atoms with Crippen molar-refractivity contribution in [2.75, 3.05) is 19.6 Å². The summed E-state index contributed by atoms with van der Waals surface area (Å²) in [4.78, 5) is 22.2. The highest BCUT2D eigenvalue weighted by molar-refractivity contribution is 6.44. The summed E-state index contributed by atoms with van der Waals surface area (Å²) in [5, 5.41) is 4.25. The lowest BCUT2D eigenvalue weighted by Crippen LogP contribution is -2.28. The number of ether oxygens (including phenoxy) is 1. The predicted octanol–water partition coefficient (Wildman–Crippen LogP) is 2.91. The van der Waals surface area contributed by atoms with Gasteiger partial charge in [-0.15, -0.1) is 0 Å². The minimum Gasteiger partial charge on any atom is -0.472 e. The van der Waals surface area contributed by atoms with Gasteiger partial charge in [-0.1, -0.05) is 16.8 Å². The van der Waals surface area contributed by atoms with Crippen molar-refractivity contribution in [1.29, 1.82) is 0 Å². The molecule has 0 N–H and O–H groups in total. The number of hydrogen-bond donors (Lipinski definition) is 0. The lowest BCUT2D eigenvalue weighted by molar-refractivity contribution is -0.113. The number of aryl methyl sites for hydroxylation is 2. The smallest absolute Gasteiger partial charge is 0.214 e. The number of aliphatic imine (C=N–C) groups is 1. The van der Waals surface area contributed by atoms with Crippen molar-refractivity contribution in [1.82, 2.24) is 15.0 Å². The molecule has 0 radical (unpaired) electrons. The normalized spacial score (nSPS) is 19.9. The Morgan fingerprint density at radius 2 is 2.22 bits per heavy atom. The maximum atomic E-state index is 11.8. The van der Waals surface area contributed by atoms with E-state index in [9.17, 15) is 4.79 Å². The average Bonchev–Trinajstić information content (AvgIpc) is 3.24. The number of likely N-dealkylation sites (tertiary alicyclic amines) is 1. The second-order valence-corrected chi connectivity index (χ2v) is 7.03. The van der Waals surface area contributed by atoms with Crippen molar-refractivity contribution in [3.8, 4) is 17.0 Å². The molecule has 1 fully saturated rings. The molecule has 2 aromatic rings. The molecule has 27 heavy (non-hydrogen) atoms. The van der Waals surface area contributed by atoms with Crippen LogP contribution in [0.3, 0.4) is 0 Å². The van der Waals surface area contributed by atoms with Crippen molar-refractivity contribution in [2.24, 2.45) is 4.99 Å². The average molecular weight is 387 g/mol. The van der Waals surface area contributed by atoms with Gasteiger partial charge >= 0.3 is 0 Å². The maximum absolute atomic E-state index is 11.8. The number of carbonyl (C=O) groups is 1. The molecule has 0 aliphatic carbocycles. The summed E-state index contributed by atoms with van der Waals surface area (Å²) in [6.45, 7) is 5.29. The van der Waals surface area contributed by atoms with Gasteiger partial charge in [-0.05, 0) is 25.5 Å². The van der Waals surface area contributed by atoms with Crippen LogP contribution in [0.4, 0.5) is 0 Å². The van der Waals surface area contributed by atoms with E-state index < -0.39 is 0 Å². The second kappa shape index (κ2) is 7.15. The van der Waals surface area contributed by atoms with Crippen molar-refractivity contribution in [3.63, 3.8) is 0 Å². The highest BCUT2D eigenvalue weighted by atomic mass is 35.5. The number of rotatable bonds is 4. The molecule has 4 rings (SSSR count). The summed E-state index contributed by atoms with van der Waals surface area (Å²) in [5.41, 5.74) is 3.43. The van der Waals surface area contributed by atoms with Gasteiger partial charge in [0.1, 0.15) is 23.4 Å². The second-order valence-electron chi connectivity index (χ2n) is 6.65. The fourth-order valence-corrected chi connectivity index (χ4v) is 3.67. The van der Waals surface area contributed by atoms with Gasteiger partial charge in [0.25, 0.3) is 0 Å². The Morgan fingerprint density at radius 3 is 3.00 bits per heavy atom. The molecule has 2 aliphatic rings. The van der Waals surface area contributed by atoms with Crippen LogP contribution in [-0.2, 0) is 4.79 Å². The molecular formula is C19H19ClN4O3. The van der Waals surface area contributed by atoms with E-state index in [0.717, 1.165) is 35.5 Å². The van der Waals surface area contributed by atoms with Gasteiger partial charge in [0.05, 0.1) is 17.9 Å². The highest BCUT2D eigenvalue weighted by Gasteiger charge is 2.29. The first-order chi connectivity index (χ1) is 13.0. The number of hydrogen-bond acceptors (Lipinski definition) is 7. The van der Waals surface area contributed by atoms with Crippen LogP contribution in [0.15, 0.2) is 38.6 Å². The molecule has 0 amide bonds. The quantitative estimate of drug-likeness (QED) is 0.803. The monoisotopic (exact) mass is 386 g/mol. The Hall–Kier alpha value is -2.67. The third-order valence-corrected chi connectivity index (χ3v) is 5.15. The van der Waals surface area contributed by atoms with Gasteiger partial charge in [0, 0.05) is 37.0 Å². The molecule has 8 heteroatoms. The Kier molecular flexibility index (Phi) is 4.70. The van der Waals surface area contributed by atoms with Gasteiger partial charge in [-0.25, -0.2) is 4.98 Å². The van der Waals surface area contributed by atoms with Crippen LogP contribution in [0, 0.1) is 13.8 Å². The van der Waals surface area contributed by atoms with Crippen LogP contribution < -0.4 is 4.74 Å². The topological polar surface area (TPSA) is 80.8 Å². The zero-order valence-corrected chi connectivity index (χ0v) is 15.9. The summed E-state index contributed by atoms with van der Waals surface area (Å²) in [6.07, 6.45) is 4.16. The van der Waals surface area contributed by atoms with Crippen LogP contribution in [-0.4, -0.2) is 52.8 Å². The Labute approximate surface area is 161 Å². The summed E-state index contributed by atoms with van der Waals surface area (Å²) in [7, 11) is 0. The Morgan fingerprint density at radius 1 is 1.37 bits per heavy atom. The molecule has 140 valence electrons. The lowest BCUT2D eigenvalue weighted by Gasteiger charge is -2.22. The largest absolute Gasteiger partial charge is 0.472 e. The maximum Gasteiger partial charge on any atom is 0.214 e. The minimum absolute atomic E-state index is 0.0418. The van der Waals surface area contributed by atoms with Crippen LogP contribution in [0.5, 0.6) is 5.88 Å². The van der Waals surface area contributed by atoms with Crippen LogP contribution >= 0.6 is 11.6 Å². The number of ketones is 1. The molecule has 0 bridgehead atoms. The molecule has 0 saturated carbocycles. The number of halogens is 1. The Balaban J connectivity index is 1.48. The van der Waals surface area contributed by atoms with Crippen molar-refractivity contribution >= 4 is 23.6 Å². The van der Waals surface area contributed by atoms with Gasteiger partial charge in [0.15, 0.2) is 5.78 Å². The van der Waals surface area contributed by atoms with E-state index in [-0.39, 0.29) is 23.5 Å². The van der Waals surface area contributed by atoms with Gasteiger partial charge in [0.2, 0.25) is 5.88 Å². The molecular weight excluding hydrogens is 368 g/mol. The van der Waals surface area contributed by atoms with Gasteiger partial charge in [-0.2, -0.15) is 0 Å². The van der Waals surface area contributed by atoms with Crippen molar-refractivity contribution in [2.45, 2.75) is 26.4 Å². The van der Waals surface area contributed by atoms with Crippen molar-refractivity contribution in [3.05, 3.63) is 40.5 Å². The number of carbonyl (C=O) groups excluding carboxylic acids is 1. The molecule has 4 heterocycles. The first kappa shape index (κ1) is 17.7. The van der Waals surface area contributed by atoms with E-state index in [1.807, 2.05) is 30.9 Å². The molecule has 7 nitrogen and oxygen atoms in total. The molecule has 2 aliphatic heterocycles. The minimum atomic E-state index is -0.146. The summed E-state index contributed by atoms with van der Waals surface area (Å²) >= 11 is 6.16. The third kappa shape index (κ3) is 3.47. The van der Waals surface area contributed by atoms with E-state index in [4.69, 9.17) is 20.9 Å². The zero-order chi connectivity index (χ0) is 19.0. The number of allylic oxidation sites excluding steroid dienone is 1. The third-order valence-electron chi connectivity index (χ3n) is 4.75. The number of pyridine rings is 1. The SMILES string of the molecule is Cc1noc(C)c1-c1ccnc(O[C@@H]2CCN(C3=C(Cl)C(=O)CN=C3)C2)c1. The Bertz CT molecular complexity index is 931. The number of Topliss-reactive ketones (excluding diaryl/α,β-unsaturated/α-hetero) is 1. The molecule has 2 aromatic heterocycles. The fraction of sp³-hybridized carbons (Fsp3) is 0.368. The van der Waals surface area contributed by atoms with E-state index in [2.05, 4.69) is 15.1 Å². The highest BCUT2D eigenvalue weighted by Crippen LogP contribution is 2.30. The molecule has 1 saturated heterocycles. The van der Waals surface area contributed by atoms with Crippen LogP contribution in [0.1, 0.15) is 17.9 Å². The fourth-order valence-electron chi connectivity index (χ4n) is 3.44. The van der Waals surface area contributed by atoms with E-state index in [1.54, 1.807) is 12.4 Å². The lowest BCUT2D eigenvalue weighted by atomic mass is 10.1. The number of dihydropyridines is 1. The van der Waals surface area contributed by atoms with Gasteiger partial charge < -0.3 is 14.2 Å². The van der Waals surface area contributed by atoms with E-state index in [1.165, 1.54) is 0 Å². The predicted molar refractivity (Wildman–Crippen MR) is 101 cm³/mol. The number of nitrogens with zero attached hydrogens (tertiary/aromatic N) is 4. The first-order valence-corrected chi connectivity index (χ1v) is 9.14. The molecule has 0 spiro atoms. The van der Waals surface area contributed by atoms with Crippen molar-refractivity contribution < 1.29 is 14.1 Å². The summed E-state index contributed by atoms with van der Waals surface area (Å²) < 4.78 is 11.3. The summed E-state index contributed by atoms with van der Waals surface area (Å²) in [6, 6.07) is 3.81. The van der Waals surface area contributed by atoms with Crippen LogP contribution in [0.25, 0.3) is 11.1 Å². The molecule has 1 atom stereocenters. The van der Waals surface area contributed by atoms with Gasteiger partial charge in [-0.3, -0.25) is 9.79 Å². The number of aromatic nitrogens is 2. The standard InChI is InChI=1S/C19H19ClN4O3/c1-11-18(12(2)27-23-11)13-3-5-22-17(7-13)26-14-4-6-24(10-14)15-8-21-9-16(25)19(15)20/h3,5,7-8,14H,4,6,9-10H2,1-2H3/t14-/m1/s1. The molecule has 0 aromatic carbocycles. The van der Waals surface area contributed by atoms with E-state index in [0.29, 0.717) is 18.1 Å². The van der Waals surface area contributed by atoms with Crippen LogP contribution in [0.2, 0.25) is 0 Å².